The lowest BCUT2D eigenvalue weighted by Gasteiger charge is -2.19. The van der Waals surface area contributed by atoms with Gasteiger partial charge < -0.3 is 15.0 Å². The quantitative estimate of drug-likeness (QED) is 0.535. The number of aromatic amines is 1. The molecule has 0 radical (unpaired) electrons. The molecule has 6 heteroatoms. The third kappa shape index (κ3) is 4.89. The highest BCUT2D eigenvalue weighted by Crippen LogP contribution is 2.28. The number of nitrogens with one attached hydrogen (secondary N) is 3. The Labute approximate surface area is 177 Å². The molecule has 2 heterocycles. The summed E-state index contributed by atoms with van der Waals surface area (Å²) in [6.07, 6.45) is 3.76. The van der Waals surface area contributed by atoms with E-state index < -0.39 is 11.7 Å². The lowest BCUT2D eigenvalue weighted by Crippen LogP contribution is -2.27. The van der Waals surface area contributed by atoms with E-state index in [1.165, 1.54) is 6.42 Å². The zero-order valence-corrected chi connectivity index (χ0v) is 17.7. The number of nitrogens with zero attached hydrogens (tertiary/aromatic N) is 1. The van der Waals surface area contributed by atoms with Crippen LogP contribution in [0, 0.1) is 0 Å². The highest BCUT2D eigenvalue weighted by atomic mass is 16.6. The Hall–Kier alpha value is -3.12. The van der Waals surface area contributed by atoms with Crippen LogP contribution >= 0.6 is 0 Å². The first-order valence-electron chi connectivity index (χ1n) is 10.4. The van der Waals surface area contributed by atoms with E-state index in [0.717, 1.165) is 41.2 Å². The second-order valence-corrected chi connectivity index (χ2v) is 8.62. The molecule has 4 rings (SSSR count). The fraction of sp³-hybridized carbons (Fsp3) is 0.333. The smallest absolute Gasteiger partial charge is 0.412 e. The predicted octanol–water partition coefficient (Wildman–Crippen LogP) is 5.52. The molecule has 6 nitrogen and oxygen atoms in total. The van der Waals surface area contributed by atoms with E-state index in [0.29, 0.717) is 11.7 Å². The van der Waals surface area contributed by atoms with Crippen molar-refractivity contribution >= 4 is 11.8 Å². The van der Waals surface area contributed by atoms with Crippen molar-refractivity contribution < 1.29 is 9.53 Å². The largest absolute Gasteiger partial charge is 0.444 e. The van der Waals surface area contributed by atoms with Gasteiger partial charge in [-0.3, -0.25) is 5.32 Å². The van der Waals surface area contributed by atoms with Gasteiger partial charge in [-0.15, -0.1) is 0 Å². The summed E-state index contributed by atoms with van der Waals surface area (Å²) < 4.78 is 5.33. The van der Waals surface area contributed by atoms with Crippen LogP contribution in [0.4, 0.5) is 10.5 Å². The van der Waals surface area contributed by atoms with Gasteiger partial charge in [-0.25, -0.2) is 9.78 Å². The van der Waals surface area contributed by atoms with Crippen LogP contribution in [0.1, 0.15) is 45.5 Å². The van der Waals surface area contributed by atoms with Crippen LogP contribution in [0.15, 0.2) is 54.7 Å². The number of carbonyl (C=O) groups is 1. The zero-order chi connectivity index (χ0) is 21.1. The van der Waals surface area contributed by atoms with Crippen molar-refractivity contribution in [1.29, 1.82) is 0 Å². The fourth-order valence-corrected chi connectivity index (χ4v) is 3.62. The second kappa shape index (κ2) is 8.32. The van der Waals surface area contributed by atoms with Crippen molar-refractivity contribution in [2.75, 3.05) is 11.9 Å². The molecule has 0 saturated carbocycles. The first-order valence-corrected chi connectivity index (χ1v) is 10.4. The van der Waals surface area contributed by atoms with Gasteiger partial charge in [-0.2, -0.15) is 0 Å². The van der Waals surface area contributed by atoms with Crippen molar-refractivity contribution in [2.24, 2.45) is 0 Å². The summed E-state index contributed by atoms with van der Waals surface area (Å²) in [6.45, 7) is 6.59. The normalized spacial score (nSPS) is 16.4. The lowest BCUT2D eigenvalue weighted by atomic mass is 10.0. The van der Waals surface area contributed by atoms with Crippen molar-refractivity contribution in [3.05, 3.63) is 60.6 Å². The van der Waals surface area contributed by atoms with Crippen LogP contribution in [-0.2, 0) is 4.74 Å². The number of carbonyl (C=O) groups excluding carboxylic acids is 1. The van der Waals surface area contributed by atoms with Crippen LogP contribution in [0.25, 0.3) is 22.4 Å². The summed E-state index contributed by atoms with van der Waals surface area (Å²) in [5.41, 5.74) is 4.38. The van der Waals surface area contributed by atoms with Gasteiger partial charge in [0, 0.05) is 5.69 Å². The number of hydrogen-bond donors (Lipinski definition) is 3. The molecule has 1 saturated heterocycles. The number of ether oxygens (including phenoxy) is 1. The number of anilines is 1. The monoisotopic (exact) mass is 404 g/mol. The van der Waals surface area contributed by atoms with Gasteiger partial charge in [0.1, 0.15) is 11.4 Å². The van der Waals surface area contributed by atoms with E-state index in [1.807, 2.05) is 51.2 Å². The van der Waals surface area contributed by atoms with Gasteiger partial charge in [0.2, 0.25) is 0 Å². The molecule has 1 unspecified atom stereocenters. The Morgan fingerprint density at radius 3 is 2.57 bits per heavy atom. The Kier molecular flexibility index (Phi) is 5.59. The SMILES string of the molecule is CC(C)(C)OC(=O)Nc1cccc(-c2ccc(-c3cnc(C4CCCN4)[nH]3)cc2)c1. The standard InChI is InChI=1S/C24H28N4O2/c1-24(2,3)30-23(29)27-19-7-4-6-18(14-19)16-9-11-17(12-10-16)21-15-26-22(28-21)20-8-5-13-25-20/h4,6-7,9-12,14-15,20,25H,5,8,13H2,1-3H3,(H,26,28)(H,27,29). The molecule has 0 spiro atoms. The molecule has 1 aliphatic rings. The van der Waals surface area contributed by atoms with Crippen molar-refractivity contribution in [2.45, 2.75) is 45.3 Å². The van der Waals surface area contributed by atoms with Crippen molar-refractivity contribution in [3.63, 3.8) is 0 Å². The molecule has 1 aromatic heterocycles. The summed E-state index contributed by atoms with van der Waals surface area (Å²) in [5, 5.41) is 6.26. The van der Waals surface area contributed by atoms with Crippen LogP contribution in [0.2, 0.25) is 0 Å². The van der Waals surface area contributed by atoms with Crippen LogP contribution in [-0.4, -0.2) is 28.2 Å². The van der Waals surface area contributed by atoms with Crippen LogP contribution in [0.5, 0.6) is 0 Å². The average molecular weight is 405 g/mol. The molecular weight excluding hydrogens is 376 g/mol. The molecule has 1 atom stereocenters. The molecule has 3 aromatic rings. The van der Waals surface area contributed by atoms with Gasteiger partial charge in [0.05, 0.1) is 17.9 Å². The molecule has 0 aliphatic carbocycles. The molecule has 156 valence electrons. The number of benzene rings is 2. The number of rotatable bonds is 4. The van der Waals surface area contributed by atoms with E-state index in [4.69, 9.17) is 4.74 Å². The number of hydrogen-bond acceptors (Lipinski definition) is 4. The summed E-state index contributed by atoms with van der Waals surface area (Å²) in [7, 11) is 0. The molecule has 30 heavy (non-hydrogen) atoms. The third-order valence-electron chi connectivity index (χ3n) is 5.02. The Balaban J connectivity index is 1.47. The van der Waals surface area contributed by atoms with E-state index in [2.05, 4.69) is 44.9 Å². The second-order valence-electron chi connectivity index (χ2n) is 8.62. The van der Waals surface area contributed by atoms with Crippen LogP contribution < -0.4 is 10.6 Å². The fourth-order valence-electron chi connectivity index (χ4n) is 3.62. The summed E-state index contributed by atoms with van der Waals surface area (Å²) >= 11 is 0. The average Bonchev–Trinajstić information content (AvgIpc) is 3.39. The van der Waals surface area contributed by atoms with E-state index in [-0.39, 0.29) is 0 Å². The number of H-pyrrole nitrogens is 1. The van der Waals surface area contributed by atoms with Gasteiger partial charge in [-0.1, -0.05) is 36.4 Å². The molecule has 3 N–H and O–H groups in total. The van der Waals surface area contributed by atoms with Gasteiger partial charge in [0.25, 0.3) is 0 Å². The molecule has 2 aromatic carbocycles. The number of aromatic nitrogens is 2. The maximum absolute atomic E-state index is 12.0. The first-order chi connectivity index (χ1) is 14.4. The van der Waals surface area contributed by atoms with E-state index in [9.17, 15) is 4.79 Å². The summed E-state index contributed by atoms with van der Waals surface area (Å²) in [5.74, 6) is 1.01. The Bertz CT molecular complexity index is 1010. The van der Waals surface area contributed by atoms with Crippen molar-refractivity contribution in [1.82, 2.24) is 15.3 Å². The zero-order valence-electron chi connectivity index (χ0n) is 17.7. The molecular formula is C24H28N4O2. The number of imidazole rings is 1. The molecule has 1 aliphatic heterocycles. The van der Waals surface area contributed by atoms with Gasteiger partial charge in [0.15, 0.2) is 0 Å². The minimum atomic E-state index is -0.530. The maximum atomic E-state index is 12.0. The molecule has 1 fully saturated rings. The van der Waals surface area contributed by atoms with E-state index >= 15 is 0 Å². The summed E-state index contributed by atoms with van der Waals surface area (Å²) in [4.78, 5) is 20.0. The number of amides is 1. The van der Waals surface area contributed by atoms with Crippen LogP contribution in [0.3, 0.4) is 0 Å². The van der Waals surface area contributed by atoms with E-state index in [1.54, 1.807) is 0 Å². The maximum Gasteiger partial charge on any atom is 0.412 e. The minimum Gasteiger partial charge on any atom is -0.444 e. The third-order valence-corrected chi connectivity index (χ3v) is 5.02. The van der Waals surface area contributed by atoms with Gasteiger partial charge in [-0.05, 0) is 69.0 Å². The minimum absolute atomic E-state index is 0.332. The van der Waals surface area contributed by atoms with Crippen molar-refractivity contribution in [3.8, 4) is 22.4 Å². The highest BCUT2D eigenvalue weighted by Gasteiger charge is 2.19. The first kappa shape index (κ1) is 20.2. The summed E-state index contributed by atoms with van der Waals surface area (Å²) in [6, 6.07) is 16.4. The molecule has 1 amide bonds. The predicted molar refractivity (Wildman–Crippen MR) is 119 cm³/mol. The topological polar surface area (TPSA) is 79.0 Å². The van der Waals surface area contributed by atoms with Gasteiger partial charge >= 0.3 is 6.09 Å². The molecule has 0 bridgehead atoms. The Morgan fingerprint density at radius 1 is 1.10 bits per heavy atom. The Morgan fingerprint density at radius 2 is 1.87 bits per heavy atom. The lowest BCUT2D eigenvalue weighted by molar-refractivity contribution is 0.0636. The highest BCUT2D eigenvalue weighted by molar-refractivity contribution is 5.86.